The molecule has 1 aromatic heterocycles. The Bertz CT molecular complexity index is 434. The lowest BCUT2D eigenvalue weighted by atomic mass is 10.3. The van der Waals surface area contributed by atoms with Crippen LogP contribution < -0.4 is 5.32 Å². The fourth-order valence-electron chi connectivity index (χ4n) is 2.14. The monoisotopic (exact) mass is 329 g/mol. The molecule has 1 aromatic rings. The summed E-state index contributed by atoms with van der Waals surface area (Å²) in [6, 6.07) is 0. The van der Waals surface area contributed by atoms with E-state index in [1.807, 2.05) is 5.38 Å². The van der Waals surface area contributed by atoms with E-state index in [0.29, 0.717) is 6.42 Å². The van der Waals surface area contributed by atoms with Crippen molar-refractivity contribution in [2.75, 3.05) is 45.1 Å². The summed E-state index contributed by atoms with van der Waals surface area (Å²) in [4.78, 5) is 18.7. The van der Waals surface area contributed by atoms with Crippen LogP contribution in [0.3, 0.4) is 0 Å². The number of carbonyl (C=O) groups is 1. The minimum absolute atomic E-state index is 0.0651. The number of morpholine rings is 1. The molecule has 0 atom stereocenters. The number of thiazole rings is 1. The van der Waals surface area contributed by atoms with E-state index >= 15 is 0 Å². The number of rotatable bonds is 8. The molecule has 7 heteroatoms. The van der Waals surface area contributed by atoms with Crippen molar-refractivity contribution in [3.8, 4) is 0 Å². The molecule has 2 heterocycles. The molecule has 0 saturated carbocycles. The van der Waals surface area contributed by atoms with Gasteiger partial charge in [-0.1, -0.05) is 18.7 Å². The van der Waals surface area contributed by atoms with Crippen molar-refractivity contribution in [3.05, 3.63) is 11.1 Å². The molecule has 0 unspecified atom stereocenters. The molecule has 2 rings (SSSR count). The standard InChI is InChI=1S/C14H23N3O2S2/c1-2-20-14-16-12(11-21-14)10-13(18)15-4-3-5-17-6-8-19-9-7-17/h11H,2-10H2,1H3,(H,15,18). The van der Waals surface area contributed by atoms with Crippen LogP contribution in [0.5, 0.6) is 0 Å². The largest absolute Gasteiger partial charge is 0.379 e. The van der Waals surface area contributed by atoms with Gasteiger partial charge in [-0.05, 0) is 18.7 Å². The molecule has 0 spiro atoms. The smallest absolute Gasteiger partial charge is 0.226 e. The highest BCUT2D eigenvalue weighted by Crippen LogP contribution is 2.22. The number of nitrogens with zero attached hydrogens (tertiary/aromatic N) is 2. The average Bonchev–Trinajstić information content (AvgIpc) is 2.92. The minimum Gasteiger partial charge on any atom is -0.379 e. The highest BCUT2D eigenvalue weighted by Gasteiger charge is 2.10. The molecular formula is C14H23N3O2S2. The number of aromatic nitrogens is 1. The molecule has 0 radical (unpaired) electrons. The van der Waals surface area contributed by atoms with Crippen LogP contribution in [0.25, 0.3) is 0 Å². The number of hydrogen-bond acceptors (Lipinski definition) is 6. The number of carbonyl (C=O) groups excluding carboxylic acids is 1. The van der Waals surface area contributed by atoms with Gasteiger partial charge < -0.3 is 10.1 Å². The Kier molecular flexibility index (Phi) is 7.49. The van der Waals surface area contributed by atoms with Crippen LogP contribution in [0.2, 0.25) is 0 Å². The van der Waals surface area contributed by atoms with E-state index in [2.05, 4.69) is 22.1 Å². The summed E-state index contributed by atoms with van der Waals surface area (Å²) < 4.78 is 6.36. The molecule has 1 fully saturated rings. The highest BCUT2D eigenvalue weighted by molar-refractivity contribution is 8.00. The van der Waals surface area contributed by atoms with Crippen LogP contribution in [0.4, 0.5) is 0 Å². The molecule has 1 N–H and O–H groups in total. The first-order valence-electron chi connectivity index (χ1n) is 7.42. The average molecular weight is 329 g/mol. The van der Waals surface area contributed by atoms with E-state index in [-0.39, 0.29) is 5.91 Å². The zero-order valence-corrected chi connectivity index (χ0v) is 14.1. The van der Waals surface area contributed by atoms with E-state index in [0.717, 1.165) is 61.6 Å². The maximum absolute atomic E-state index is 11.8. The Morgan fingerprint density at radius 2 is 2.33 bits per heavy atom. The van der Waals surface area contributed by atoms with Crippen molar-refractivity contribution < 1.29 is 9.53 Å². The lowest BCUT2D eigenvalue weighted by Gasteiger charge is -2.26. The van der Waals surface area contributed by atoms with Gasteiger partial charge in [-0.2, -0.15) is 0 Å². The van der Waals surface area contributed by atoms with Gasteiger partial charge in [0, 0.05) is 25.0 Å². The molecule has 1 saturated heterocycles. The lowest BCUT2D eigenvalue weighted by Crippen LogP contribution is -2.38. The third-order valence-electron chi connectivity index (χ3n) is 3.22. The zero-order chi connectivity index (χ0) is 14.9. The molecule has 1 aliphatic rings. The molecule has 118 valence electrons. The number of hydrogen-bond donors (Lipinski definition) is 1. The van der Waals surface area contributed by atoms with E-state index in [9.17, 15) is 4.79 Å². The first-order valence-corrected chi connectivity index (χ1v) is 9.28. The van der Waals surface area contributed by atoms with Crippen LogP contribution in [0.1, 0.15) is 19.0 Å². The lowest BCUT2D eigenvalue weighted by molar-refractivity contribution is -0.120. The summed E-state index contributed by atoms with van der Waals surface area (Å²) in [5.74, 6) is 1.08. The molecule has 0 aromatic carbocycles. The number of thioether (sulfide) groups is 1. The molecule has 1 amide bonds. The van der Waals surface area contributed by atoms with Gasteiger partial charge in [-0.15, -0.1) is 11.3 Å². The van der Waals surface area contributed by atoms with Crippen molar-refractivity contribution in [1.29, 1.82) is 0 Å². The van der Waals surface area contributed by atoms with Crippen LogP contribution in [0.15, 0.2) is 9.72 Å². The summed E-state index contributed by atoms with van der Waals surface area (Å²) in [5.41, 5.74) is 0.877. The summed E-state index contributed by atoms with van der Waals surface area (Å²) in [7, 11) is 0. The highest BCUT2D eigenvalue weighted by atomic mass is 32.2. The summed E-state index contributed by atoms with van der Waals surface area (Å²) in [6.07, 6.45) is 1.37. The third kappa shape index (κ3) is 6.34. The van der Waals surface area contributed by atoms with Gasteiger partial charge in [-0.3, -0.25) is 9.69 Å². The third-order valence-corrected chi connectivity index (χ3v) is 5.17. The van der Waals surface area contributed by atoms with Gasteiger partial charge in [0.15, 0.2) is 0 Å². The predicted molar refractivity (Wildman–Crippen MR) is 87.1 cm³/mol. The van der Waals surface area contributed by atoms with E-state index in [4.69, 9.17) is 4.74 Å². The predicted octanol–water partition coefficient (Wildman–Crippen LogP) is 1.64. The molecular weight excluding hydrogens is 306 g/mol. The molecule has 1 aliphatic heterocycles. The van der Waals surface area contributed by atoms with Gasteiger partial charge in [0.2, 0.25) is 5.91 Å². The molecule has 5 nitrogen and oxygen atoms in total. The number of amides is 1. The van der Waals surface area contributed by atoms with Gasteiger partial charge in [0.1, 0.15) is 4.34 Å². The Balaban J connectivity index is 1.58. The normalized spacial score (nSPS) is 16.0. The minimum atomic E-state index is 0.0651. The summed E-state index contributed by atoms with van der Waals surface area (Å²) >= 11 is 3.34. The maximum Gasteiger partial charge on any atom is 0.226 e. The second kappa shape index (κ2) is 9.40. The Labute approximate surface area is 134 Å². The van der Waals surface area contributed by atoms with Crippen molar-refractivity contribution in [1.82, 2.24) is 15.2 Å². The summed E-state index contributed by atoms with van der Waals surface area (Å²) in [6.45, 7) is 7.53. The fraction of sp³-hybridized carbons (Fsp3) is 0.714. The fourth-order valence-corrected chi connectivity index (χ4v) is 3.88. The van der Waals surface area contributed by atoms with Gasteiger partial charge in [0.25, 0.3) is 0 Å². The quantitative estimate of drug-likeness (QED) is 0.580. The Morgan fingerprint density at radius 3 is 3.10 bits per heavy atom. The Hall–Kier alpha value is -0.630. The zero-order valence-electron chi connectivity index (χ0n) is 12.5. The van der Waals surface area contributed by atoms with E-state index in [1.165, 1.54) is 0 Å². The second-order valence-corrected chi connectivity index (χ2v) is 7.24. The number of ether oxygens (including phenoxy) is 1. The van der Waals surface area contributed by atoms with E-state index < -0.39 is 0 Å². The summed E-state index contributed by atoms with van der Waals surface area (Å²) in [5, 5.41) is 4.95. The van der Waals surface area contributed by atoms with Crippen molar-refractivity contribution in [3.63, 3.8) is 0 Å². The van der Waals surface area contributed by atoms with Gasteiger partial charge >= 0.3 is 0 Å². The molecule has 21 heavy (non-hydrogen) atoms. The van der Waals surface area contributed by atoms with E-state index in [1.54, 1.807) is 23.1 Å². The van der Waals surface area contributed by atoms with Crippen LogP contribution >= 0.6 is 23.1 Å². The van der Waals surface area contributed by atoms with Crippen molar-refractivity contribution in [2.24, 2.45) is 0 Å². The van der Waals surface area contributed by atoms with Crippen molar-refractivity contribution >= 4 is 29.0 Å². The van der Waals surface area contributed by atoms with Crippen molar-refractivity contribution in [2.45, 2.75) is 24.1 Å². The van der Waals surface area contributed by atoms with Crippen LogP contribution in [-0.2, 0) is 16.0 Å². The topological polar surface area (TPSA) is 54.5 Å². The van der Waals surface area contributed by atoms with Crippen LogP contribution in [0, 0.1) is 0 Å². The number of nitrogens with one attached hydrogen (secondary N) is 1. The maximum atomic E-state index is 11.8. The second-order valence-electron chi connectivity index (χ2n) is 4.87. The van der Waals surface area contributed by atoms with Crippen LogP contribution in [-0.4, -0.2) is 60.9 Å². The first-order chi connectivity index (χ1) is 10.3. The first kappa shape index (κ1) is 16.7. The van der Waals surface area contributed by atoms with Gasteiger partial charge in [-0.25, -0.2) is 4.98 Å². The molecule has 0 bridgehead atoms. The Morgan fingerprint density at radius 1 is 1.52 bits per heavy atom. The van der Waals surface area contributed by atoms with Gasteiger partial charge in [0.05, 0.1) is 25.3 Å². The SMILES string of the molecule is CCSc1nc(CC(=O)NCCCN2CCOCC2)cs1. The molecule has 0 aliphatic carbocycles.